The summed E-state index contributed by atoms with van der Waals surface area (Å²) in [5, 5.41) is 17.1. The van der Waals surface area contributed by atoms with Crippen molar-refractivity contribution in [3.8, 4) is 34.0 Å². The van der Waals surface area contributed by atoms with E-state index in [1.54, 1.807) is 0 Å². The fourth-order valence-corrected chi connectivity index (χ4v) is 10.4. The summed E-state index contributed by atoms with van der Waals surface area (Å²) >= 11 is 3.66. The van der Waals surface area contributed by atoms with Gasteiger partial charge in [0.1, 0.15) is 11.5 Å². The van der Waals surface area contributed by atoms with Gasteiger partial charge < -0.3 is 4.74 Å². The van der Waals surface area contributed by atoms with Gasteiger partial charge in [0.25, 0.3) is 0 Å². The van der Waals surface area contributed by atoms with Gasteiger partial charge in [0, 0.05) is 54.5 Å². The lowest BCUT2D eigenvalue weighted by Gasteiger charge is -2.14. The van der Waals surface area contributed by atoms with Gasteiger partial charge in [0.05, 0.1) is 11.4 Å². The molecule has 3 nitrogen and oxygen atoms in total. The fraction of sp³-hybridized carbons (Fsp3) is 0.125. The van der Waals surface area contributed by atoms with Crippen LogP contribution in [0.25, 0.3) is 85.8 Å². The van der Waals surface area contributed by atoms with Crippen molar-refractivity contribution in [2.75, 3.05) is 0 Å². The number of nitrogens with zero attached hydrogens (tertiary/aromatic N) is 2. The number of ether oxygens (including phenoxy) is 1. The first-order valence-corrected chi connectivity index (χ1v) is 20.0. The molecule has 0 aliphatic heterocycles. The van der Waals surface area contributed by atoms with E-state index in [0.29, 0.717) is 11.8 Å². The number of fused-ring (bicyclic) bond motifs is 10. The molecule has 0 bridgehead atoms. The molecule has 0 spiro atoms. The molecular weight excluding hydrogens is 685 g/mol. The van der Waals surface area contributed by atoms with Crippen molar-refractivity contribution in [3.05, 3.63) is 143 Å². The van der Waals surface area contributed by atoms with E-state index in [2.05, 4.69) is 136 Å². The van der Waals surface area contributed by atoms with E-state index in [1.165, 1.54) is 74.4 Å². The first kappa shape index (κ1) is 32.1. The fourth-order valence-electron chi connectivity index (χ4n) is 8.13. The van der Waals surface area contributed by atoms with Gasteiger partial charge in [-0.3, -0.25) is 9.97 Å². The second-order valence-electron chi connectivity index (χ2n) is 14.6. The average Bonchev–Trinajstić information content (AvgIpc) is 3.83. The predicted octanol–water partition coefficient (Wildman–Crippen LogP) is 14.9. The number of hydrogen-bond donors (Lipinski definition) is 0. The Morgan fingerprint density at radius 1 is 0.472 bits per heavy atom. The largest absolute Gasteiger partial charge is 0.457 e. The van der Waals surface area contributed by atoms with Crippen LogP contribution in [0, 0.1) is 0 Å². The summed E-state index contributed by atoms with van der Waals surface area (Å²) in [5.41, 5.74) is 6.78. The molecule has 256 valence electrons. The third kappa shape index (κ3) is 5.21. The molecule has 0 aliphatic carbocycles. The molecule has 4 aromatic heterocycles. The number of aromatic nitrogens is 2. The summed E-state index contributed by atoms with van der Waals surface area (Å²) in [6.07, 6.45) is 3.83. The summed E-state index contributed by atoms with van der Waals surface area (Å²) < 4.78 is 9.29. The number of rotatable bonds is 6. The lowest BCUT2D eigenvalue weighted by molar-refractivity contribution is 0.483. The topological polar surface area (TPSA) is 35.0 Å². The minimum Gasteiger partial charge on any atom is -0.457 e. The molecule has 6 aromatic carbocycles. The van der Waals surface area contributed by atoms with Gasteiger partial charge in [-0.25, -0.2) is 0 Å². The molecule has 0 N–H and O–H groups in total. The van der Waals surface area contributed by atoms with E-state index in [-0.39, 0.29) is 0 Å². The Balaban J connectivity index is 1.06. The maximum Gasteiger partial charge on any atom is 0.128 e. The Hall–Kier alpha value is -5.62. The molecular formula is C48H36N2OS2. The Kier molecular flexibility index (Phi) is 7.57. The van der Waals surface area contributed by atoms with Gasteiger partial charge in [-0.1, -0.05) is 88.4 Å². The van der Waals surface area contributed by atoms with Crippen molar-refractivity contribution >= 4 is 85.9 Å². The van der Waals surface area contributed by atoms with Crippen molar-refractivity contribution in [1.29, 1.82) is 0 Å². The SMILES string of the molecule is CC(C)c1csc2ccc3c(ccc4ccnc(-c5cccc(Oc6cccc(-c7nccc8ccc9c(ccc%10scc(C(C)C)c%109)c78)c6)c5)c43)c12. The molecule has 0 unspecified atom stereocenters. The van der Waals surface area contributed by atoms with Crippen molar-refractivity contribution < 1.29 is 4.74 Å². The molecule has 0 radical (unpaired) electrons. The van der Waals surface area contributed by atoms with Crippen LogP contribution in [0.3, 0.4) is 0 Å². The zero-order chi connectivity index (χ0) is 35.8. The van der Waals surface area contributed by atoms with Crippen LogP contribution in [0.1, 0.15) is 50.7 Å². The Morgan fingerprint density at radius 3 is 1.36 bits per heavy atom. The monoisotopic (exact) mass is 720 g/mol. The maximum atomic E-state index is 6.63. The summed E-state index contributed by atoms with van der Waals surface area (Å²) in [7, 11) is 0. The molecule has 10 rings (SSSR count). The Morgan fingerprint density at radius 2 is 0.906 bits per heavy atom. The molecule has 53 heavy (non-hydrogen) atoms. The zero-order valence-electron chi connectivity index (χ0n) is 30.0. The molecule has 0 amide bonds. The van der Waals surface area contributed by atoms with Crippen molar-refractivity contribution in [2.45, 2.75) is 39.5 Å². The normalized spacial score (nSPS) is 12.1. The van der Waals surface area contributed by atoms with Crippen LogP contribution in [0.5, 0.6) is 11.5 Å². The highest BCUT2D eigenvalue weighted by atomic mass is 32.1. The number of benzene rings is 6. The third-order valence-electron chi connectivity index (χ3n) is 10.7. The van der Waals surface area contributed by atoms with E-state index in [0.717, 1.165) is 34.0 Å². The summed E-state index contributed by atoms with van der Waals surface area (Å²) in [5.74, 6) is 2.44. The molecule has 0 saturated carbocycles. The molecule has 10 aromatic rings. The van der Waals surface area contributed by atoms with Crippen LogP contribution in [-0.4, -0.2) is 9.97 Å². The van der Waals surface area contributed by atoms with E-state index < -0.39 is 0 Å². The molecule has 5 heteroatoms. The first-order valence-electron chi connectivity index (χ1n) is 18.2. The summed E-state index contributed by atoms with van der Waals surface area (Å²) in [4.78, 5) is 9.96. The minimum absolute atomic E-state index is 0.455. The van der Waals surface area contributed by atoms with Gasteiger partial charge in [-0.2, -0.15) is 0 Å². The van der Waals surface area contributed by atoms with Crippen LogP contribution < -0.4 is 4.74 Å². The zero-order valence-corrected chi connectivity index (χ0v) is 31.6. The highest BCUT2D eigenvalue weighted by Gasteiger charge is 2.18. The van der Waals surface area contributed by atoms with Gasteiger partial charge in [0.15, 0.2) is 0 Å². The standard InChI is InChI=1S/C48H36N2OS2/c1-27(2)39-25-52-41-17-15-35-37(45(39)41)13-11-29-19-21-49-47(43(29)35)31-7-5-9-33(23-31)51-34-10-6-8-32(24-34)48-44-30(20-22-50-48)12-14-38-36(44)16-18-42-46(38)40(26-53-42)28(3)4/h5-28H,1-4H3. The number of thiophene rings is 2. The maximum absolute atomic E-state index is 6.63. The van der Waals surface area contributed by atoms with Gasteiger partial charge in [0.2, 0.25) is 0 Å². The van der Waals surface area contributed by atoms with Crippen LogP contribution in [0.15, 0.2) is 132 Å². The molecule has 0 saturated heterocycles. The van der Waals surface area contributed by atoms with Gasteiger partial charge in [-0.15, -0.1) is 22.7 Å². The lowest BCUT2D eigenvalue weighted by Crippen LogP contribution is -1.92. The molecule has 0 aliphatic rings. The predicted molar refractivity (Wildman–Crippen MR) is 228 cm³/mol. The highest BCUT2D eigenvalue weighted by molar-refractivity contribution is 7.18. The van der Waals surface area contributed by atoms with Gasteiger partial charge >= 0.3 is 0 Å². The van der Waals surface area contributed by atoms with Crippen LogP contribution in [0.4, 0.5) is 0 Å². The van der Waals surface area contributed by atoms with E-state index >= 15 is 0 Å². The average molecular weight is 721 g/mol. The van der Waals surface area contributed by atoms with Crippen molar-refractivity contribution in [3.63, 3.8) is 0 Å². The Bertz CT molecular complexity index is 2850. The third-order valence-corrected chi connectivity index (χ3v) is 12.6. The van der Waals surface area contributed by atoms with Crippen LogP contribution >= 0.6 is 22.7 Å². The number of hydrogen-bond acceptors (Lipinski definition) is 5. The summed E-state index contributed by atoms with van der Waals surface area (Å²) in [6.45, 7) is 9.11. The van der Waals surface area contributed by atoms with E-state index in [9.17, 15) is 0 Å². The van der Waals surface area contributed by atoms with Gasteiger partial charge in [-0.05, 0) is 115 Å². The molecule has 4 heterocycles. The van der Waals surface area contributed by atoms with Crippen molar-refractivity contribution in [1.82, 2.24) is 9.97 Å². The number of pyridine rings is 2. The Labute approximate surface area is 316 Å². The smallest absolute Gasteiger partial charge is 0.128 e. The lowest BCUT2D eigenvalue weighted by atomic mass is 9.93. The van der Waals surface area contributed by atoms with E-state index in [4.69, 9.17) is 14.7 Å². The first-order chi connectivity index (χ1) is 25.9. The summed E-state index contributed by atoms with van der Waals surface area (Å²) in [6, 6.07) is 39.0. The minimum atomic E-state index is 0.455. The van der Waals surface area contributed by atoms with Crippen LogP contribution in [-0.2, 0) is 0 Å². The molecule has 0 fully saturated rings. The quantitative estimate of drug-likeness (QED) is 0.160. The molecule has 0 atom stereocenters. The second kappa shape index (κ2) is 12.5. The second-order valence-corrected chi connectivity index (χ2v) is 16.4. The van der Waals surface area contributed by atoms with Crippen LogP contribution in [0.2, 0.25) is 0 Å². The highest BCUT2D eigenvalue weighted by Crippen LogP contribution is 2.43. The van der Waals surface area contributed by atoms with Crippen molar-refractivity contribution in [2.24, 2.45) is 0 Å². The van der Waals surface area contributed by atoms with E-state index in [1.807, 2.05) is 47.2 Å².